The van der Waals surface area contributed by atoms with Gasteiger partial charge < -0.3 is 15.6 Å². The monoisotopic (exact) mass is 291 g/mol. The summed E-state index contributed by atoms with van der Waals surface area (Å²) < 4.78 is 1.86. The molecule has 2 rings (SSSR count). The second-order valence-electron chi connectivity index (χ2n) is 4.79. The van der Waals surface area contributed by atoms with Crippen LogP contribution in [-0.2, 0) is 6.54 Å². The molecule has 0 aliphatic heterocycles. The van der Waals surface area contributed by atoms with E-state index in [-0.39, 0.29) is 5.91 Å². The van der Waals surface area contributed by atoms with Crippen molar-refractivity contribution in [2.24, 2.45) is 0 Å². The SMILES string of the molecule is CCCn1cc(N)cc1C(=O)Nc1cc(C)ccc1Cl. The number of aryl methyl sites for hydroxylation is 2. The lowest BCUT2D eigenvalue weighted by molar-refractivity contribution is 0.101. The molecule has 0 spiro atoms. The Kier molecular flexibility index (Phi) is 4.35. The van der Waals surface area contributed by atoms with Gasteiger partial charge >= 0.3 is 0 Å². The number of carbonyl (C=O) groups excluding carboxylic acids is 1. The van der Waals surface area contributed by atoms with E-state index in [1.807, 2.05) is 23.6 Å². The molecule has 0 saturated heterocycles. The van der Waals surface area contributed by atoms with E-state index in [2.05, 4.69) is 12.2 Å². The lowest BCUT2D eigenvalue weighted by Gasteiger charge is -2.10. The van der Waals surface area contributed by atoms with E-state index >= 15 is 0 Å². The first-order valence-corrected chi connectivity index (χ1v) is 6.92. The third-order valence-corrected chi connectivity index (χ3v) is 3.31. The van der Waals surface area contributed by atoms with Crippen LogP contribution in [0, 0.1) is 6.92 Å². The van der Waals surface area contributed by atoms with Crippen LogP contribution in [-0.4, -0.2) is 10.5 Å². The Bertz CT molecular complexity index is 634. The molecule has 0 aliphatic rings. The van der Waals surface area contributed by atoms with Crippen LogP contribution in [0.2, 0.25) is 5.02 Å². The number of anilines is 2. The lowest BCUT2D eigenvalue weighted by atomic mass is 10.2. The highest BCUT2D eigenvalue weighted by atomic mass is 35.5. The summed E-state index contributed by atoms with van der Waals surface area (Å²) in [6.07, 6.45) is 2.70. The van der Waals surface area contributed by atoms with Crippen LogP contribution in [0.4, 0.5) is 11.4 Å². The van der Waals surface area contributed by atoms with Gasteiger partial charge in [0.1, 0.15) is 5.69 Å². The molecule has 5 heteroatoms. The van der Waals surface area contributed by atoms with E-state index in [1.165, 1.54) is 0 Å². The van der Waals surface area contributed by atoms with Crippen LogP contribution in [0.1, 0.15) is 29.4 Å². The maximum atomic E-state index is 12.3. The van der Waals surface area contributed by atoms with E-state index < -0.39 is 0 Å². The number of aromatic nitrogens is 1. The van der Waals surface area contributed by atoms with Crippen molar-refractivity contribution in [3.63, 3.8) is 0 Å². The molecule has 0 saturated carbocycles. The summed E-state index contributed by atoms with van der Waals surface area (Å²) >= 11 is 6.09. The smallest absolute Gasteiger partial charge is 0.272 e. The third kappa shape index (κ3) is 3.14. The maximum absolute atomic E-state index is 12.3. The van der Waals surface area contributed by atoms with Gasteiger partial charge in [-0.3, -0.25) is 4.79 Å². The quantitative estimate of drug-likeness (QED) is 0.902. The molecule has 20 heavy (non-hydrogen) atoms. The van der Waals surface area contributed by atoms with Gasteiger partial charge in [0.05, 0.1) is 16.4 Å². The average molecular weight is 292 g/mol. The van der Waals surface area contributed by atoms with Crippen molar-refractivity contribution in [1.29, 1.82) is 0 Å². The summed E-state index contributed by atoms with van der Waals surface area (Å²) in [6.45, 7) is 4.75. The number of hydrogen-bond acceptors (Lipinski definition) is 2. The van der Waals surface area contributed by atoms with E-state index in [4.69, 9.17) is 17.3 Å². The predicted octanol–water partition coefficient (Wildman–Crippen LogP) is 3.69. The molecule has 2 aromatic rings. The first-order chi connectivity index (χ1) is 9.51. The summed E-state index contributed by atoms with van der Waals surface area (Å²) in [5, 5.41) is 3.35. The Hall–Kier alpha value is -1.94. The fourth-order valence-electron chi connectivity index (χ4n) is 2.07. The maximum Gasteiger partial charge on any atom is 0.272 e. The van der Waals surface area contributed by atoms with Gasteiger partial charge in [0.25, 0.3) is 5.91 Å². The molecular formula is C15H18ClN3O. The molecule has 0 atom stereocenters. The number of amides is 1. The Morgan fingerprint density at radius 3 is 2.85 bits per heavy atom. The van der Waals surface area contributed by atoms with E-state index in [0.717, 1.165) is 18.5 Å². The van der Waals surface area contributed by atoms with Crippen molar-refractivity contribution in [2.75, 3.05) is 11.1 Å². The normalized spacial score (nSPS) is 10.6. The van der Waals surface area contributed by atoms with Crippen LogP contribution in [0.15, 0.2) is 30.5 Å². The standard InChI is InChI=1S/C15H18ClN3O/c1-3-6-19-9-11(17)8-14(19)15(20)18-13-7-10(2)4-5-12(13)16/h4-5,7-9H,3,6,17H2,1-2H3,(H,18,20). The number of nitrogen functional groups attached to an aromatic ring is 1. The molecule has 0 fully saturated rings. The van der Waals surface area contributed by atoms with E-state index in [0.29, 0.717) is 22.1 Å². The zero-order valence-electron chi connectivity index (χ0n) is 11.6. The van der Waals surface area contributed by atoms with Crippen LogP contribution >= 0.6 is 11.6 Å². The Labute approximate surface area is 123 Å². The van der Waals surface area contributed by atoms with E-state index in [9.17, 15) is 4.79 Å². The van der Waals surface area contributed by atoms with Gasteiger partial charge in [-0.25, -0.2) is 0 Å². The van der Waals surface area contributed by atoms with Crippen molar-refractivity contribution in [2.45, 2.75) is 26.8 Å². The van der Waals surface area contributed by atoms with Gasteiger partial charge in [-0.1, -0.05) is 24.6 Å². The second-order valence-corrected chi connectivity index (χ2v) is 5.20. The second kappa shape index (κ2) is 6.01. The Morgan fingerprint density at radius 1 is 1.40 bits per heavy atom. The summed E-state index contributed by atoms with van der Waals surface area (Å²) in [7, 11) is 0. The summed E-state index contributed by atoms with van der Waals surface area (Å²) in [6, 6.07) is 7.19. The average Bonchev–Trinajstić information content (AvgIpc) is 2.75. The minimum Gasteiger partial charge on any atom is -0.397 e. The van der Waals surface area contributed by atoms with Crippen LogP contribution in [0.5, 0.6) is 0 Å². The highest BCUT2D eigenvalue weighted by molar-refractivity contribution is 6.33. The van der Waals surface area contributed by atoms with Gasteiger partial charge in [0, 0.05) is 12.7 Å². The van der Waals surface area contributed by atoms with Gasteiger partial charge in [-0.15, -0.1) is 0 Å². The fourth-order valence-corrected chi connectivity index (χ4v) is 2.24. The van der Waals surface area contributed by atoms with Gasteiger partial charge in [0.2, 0.25) is 0 Å². The Morgan fingerprint density at radius 2 is 2.15 bits per heavy atom. The van der Waals surface area contributed by atoms with Crippen LogP contribution in [0.3, 0.4) is 0 Å². The van der Waals surface area contributed by atoms with Crippen LogP contribution in [0.25, 0.3) is 0 Å². The number of rotatable bonds is 4. The summed E-state index contributed by atoms with van der Waals surface area (Å²) in [4.78, 5) is 12.3. The number of benzene rings is 1. The molecule has 1 aromatic heterocycles. The zero-order chi connectivity index (χ0) is 14.7. The summed E-state index contributed by atoms with van der Waals surface area (Å²) in [5.74, 6) is -0.206. The van der Waals surface area contributed by atoms with E-state index in [1.54, 1.807) is 18.3 Å². The number of halogens is 1. The molecule has 0 bridgehead atoms. The highest BCUT2D eigenvalue weighted by Crippen LogP contribution is 2.24. The van der Waals surface area contributed by atoms with Crippen molar-refractivity contribution in [1.82, 2.24) is 4.57 Å². The first kappa shape index (κ1) is 14.5. The minimum atomic E-state index is -0.206. The minimum absolute atomic E-state index is 0.206. The molecule has 106 valence electrons. The molecular weight excluding hydrogens is 274 g/mol. The molecule has 1 aromatic carbocycles. The molecule has 0 unspecified atom stereocenters. The van der Waals surface area contributed by atoms with Crippen molar-refractivity contribution >= 4 is 28.9 Å². The first-order valence-electron chi connectivity index (χ1n) is 6.54. The van der Waals surface area contributed by atoms with Crippen molar-refractivity contribution in [3.8, 4) is 0 Å². The summed E-state index contributed by atoms with van der Waals surface area (Å²) in [5.41, 5.74) is 8.54. The van der Waals surface area contributed by atoms with Gasteiger partial charge in [-0.2, -0.15) is 0 Å². The molecule has 4 nitrogen and oxygen atoms in total. The molecule has 0 aliphatic carbocycles. The van der Waals surface area contributed by atoms with Gasteiger partial charge in [-0.05, 0) is 37.1 Å². The third-order valence-electron chi connectivity index (χ3n) is 2.98. The highest BCUT2D eigenvalue weighted by Gasteiger charge is 2.14. The molecule has 1 amide bonds. The fraction of sp³-hybridized carbons (Fsp3) is 0.267. The van der Waals surface area contributed by atoms with Gasteiger partial charge in [0.15, 0.2) is 0 Å². The number of nitrogens with zero attached hydrogens (tertiary/aromatic N) is 1. The van der Waals surface area contributed by atoms with Crippen LogP contribution < -0.4 is 11.1 Å². The largest absolute Gasteiger partial charge is 0.397 e. The zero-order valence-corrected chi connectivity index (χ0v) is 12.4. The lowest BCUT2D eigenvalue weighted by Crippen LogP contribution is -2.17. The topological polar surface area (TPSA) is 60.0 Å². The number of nitrogens with two attached hydrogens (primary N) is 1. The Balaban J connectivity index is 2.26. The number of carbonyl (C=O) groups is 1. The molecule has 0 radical (unpaired) electrons. The molecule has 3 N–H and O–H groups in total. The van der Waals surface area contributed by atoms with Crippen molar-refractivity contribution in [3.05, 3.63) is 46.7 Å². The van der Waals surface area contributed by atoms with Crippen molar-refractivity contribution < 1.29 is 4.79 Å². The molecule has 1 heterocycles. The number of hydrogen-bond donors (Lipinski definition) is 2. The number of nitrogens with one attached hydrogen (secondary N) is 1. The predicted molar refractivity (Wildman–Crippen MR) is 83.3 cm³/mol.